The Kier molecular flexibility index (Phi) is 4.81. The number of hydrogen-bond acceptors (Lipinski definition) is 4. The van der Waals surface area contributed by atoms with Crippen LogP contribution in [0.4, 0.5) is 4.79 Å². The highest BCUT2D eigenvalue weighted by atomic mass is 32.1. The van der Waals surface area contributed by atoms with Crippen molar-refractivity contribution in [2.24, 2.45) is 0 Å². The quantitative estimate of drug-likeness (QED) is 0.937. The largest absolute Gasteiger partial charge is 0.496 e. The lowest BCUT2D eigenvalue weighted by atomic mass is 9.99. The lowest BCUT2D eigenvalue weighted by Gasteiger charge is -2.29. The Morgan fingerprint density at radius 3 is 3.09 bits per heavy atom. The number of nitrogens with zero attached hydrogens (tertiary/aromatic N) is 2. The monoisotopic (exact) mass is 331 g/mol. The van der Waals surface area contributed by atoms with Crippen molar-refractivity contribution in [2.75, 3.05) is 20.2 Å². The zero-order valence-corrected chi connectivity index (χ0v) is 14.3. The summed E-state index contributed by atoms with van der Waals surface area (Å²) in [6, 6.07) is 6.01. The molecule has 1 aromatic carbocycles. The molecule has 0 unspecified atom stereocenters. The first-order chi connectivity index (χ1) is 11.2. The van der Waals surface area contributed by atoms with Crippen molar-refractivity contribution in [1.82, 2.24) is 15.2 Å². The molecule has 0 saturated carbocycles. The average Bonchev–Trinajstić information content (AvgIpc) is 2.99. The highest BCUT2D eigenvalue weighted by molar-refractivity contribution is 7.11. The fourth-order valence-corrected chi connectivity index (χ4v) is 3.63. The van der Waals surface area contributed by atoms with Gasteiger partial charge in [0.15, 0.2) is 0 Å². The number of urea groups is 1. The van der Waals surface area contributed by atoms with Crippen LogP contribution in [0.5, 0.6) is 5.75 Å². The number of aryl methyl sites for hydroxylation is 1. The molecule has 2 aromatic rings. The van der Waals surface area contributed by atoms with E-state index in [0.29, 0.717) is 13.1 Å². The predicted octanol–water partition coefficient (Wildman–Crippen LogP) is 2.77. The van der Waals surface area contributed by atoms with Gasteiger partial charge in [-0.3, -0.25) is 0 Å². The number of hydrogen-bond donors (Lipinski definition) is 1. The molecule has 5 nitrogen and oxygen atoms in total. The normalized spacial score (nSPS) is 13.6. The summed E-state index contributed by atoms with van der Waals surface area (Å²) < 4.78 is 5.40. The van der Waals surface area contributed by atoms with Crippen molar-refractivity contribution in [3.63, 3.8) is 0 Å². The van der Waals surface area contributed by atoms with E-state index in [1.807, 2.05) is 30.2 Å². The maximum Gasteiger partial charge on any atom is 0.317 e. The third-order valence-corrected chi connectivity index (χ3v) is 4.99. The summed E-state index contributed by atoms with van der Waals surface area (Å²) in [7, 11) is 1.69. The minimum atomic E-state index is -0.00764. The molecule has 0 radical (unpaired) electrons. The zero-order chi connectivity index (χ0) is 16.2. The molecule has 2 amide bonds. The summed E-state index contributed by atoms with van der Waals surface area (Å²) >= 11 is 1.68. The number of ether oxygens (including phenoxy) is 1. The van der Waals surface area contributed by atoms with E-state index in [4.69, 9.17) is 4.74 Å². The van der Waals surface area contributed by atoms with Crippen molar-refractivity contribution >= 4 is 17.4 Å². The minimum Gasteiger partial charge on any atom is -0.496 e. The molecule has 0 saturated heterocycles. The lowest BCUT2D eigenvalue weighted by molar-refractivity contribution is 0.192. The van der Waals surface area contributed by atoms with Gasteiger partial charge in [0.25, 0.3) is 0 Å². The van der Waals surface area contributed by atoms with E-state index >= 15 is 0 Å². The molecule has 1 aliphatic heterocycles. The van der Waals surface area contributed by atoms with E-state index in [1.165, 1.54) is 16.0 Å². The van der Waals surface area contributed by atoms with Gasteiger partial charge in [0.2, 0.25) is 0 Å². The Balaban J connectivity index is 1.54. The number of carbonyl (C=O) groups is 1. The van der Waals surface area contributed by atoms with E-state index in [2.05, 4.69) is 16.4 Å². The maximum atomic E-state index is 12.3. The number of rotatable bonds is 4. The number of benzene rings is 1. The second-order valence-corrected chi connectivity index (χ2v) is 6.94. The number of fused-ring (bicyclic) bond motifs is 1. The highest BCUT2D eigenvalue weighted by Gasteiger charge is 2.22. The van der Waals surface area contributed by atoms with Gasteiger partial charge in [-0.25, -0.2) is 9.78 Å². The van der Waals surface area contributed by atoms with Crippen LogP contribution in [-0.4, -0.2) is 36.1 Å². The number of thiazole rings is 1. The second-order valence-electron chi connectivity index (χ2n) is 5.62. The standard InChI is InChI=1S/C17H21N3O2S/c1-12-10-19-16(23-12)6-8-18-17(21)20-9-7-14-13(11-20)4-3-5-15(14)22-2/h3-5,10H,6-9,11H2,1-2H3,(H,18,21). The van der Waals surface area contributed by atoms with Crippen molar-refractivity contribution in [1.29, 1.82) is 0 Å². The number of methoxy groups -OCH3 is 1. The Bertz CT molecular complexity index is 699. The first kappa shape index (κ1) is 15.8. The highest BCUT2D eigenvalue weighted by Crippen LogP contribution is 2.27. The number of aromatic nitrogens is 1. The Hall–Kier alpha value is -2.08. The fraction of sp³-hybridized carbons (Fsp3) is 0.412. The summed E-state index contributed by atoms with van der Waals surface area (Å²) in [4.78, 5) is 19.7. The first-order valence-corrected chi connectivity index (χ1v) is 8.58. The smallest absolute Gasteiger partial charge is 0.317 e. The van der Waals surface area contributed by atoms with Crippen molar-refractivity contribution in [3.8, 4) is 5.75 Å². The fourth-order valence-electron chi connectivity index (χ4n) is 2.84. The molecular formula is C17H21N3O2S. The third kappa shape index (κ3) is 3.64. The molecule has 6 heteroatoms. The van der Waals surface area contributed by atoms with Crippen molar-refractivity contribution in [2.45, 2.75) is 26.3 Å². The summed E-state index contributed by atoms with van der Waals surface area (Å²) in [5.74, 6) is 0.918. The topological polar surface area (TPSA) is 54.5 Å². The molecule has 2 heterocycles. The second kappa shape index (κ2) is 7.00. The van der Waals surface area contributed by atoms with Crippen molar-refractivity contribution in [3.05, 3.63) is 45.4 Å². The lowest BCUT2D eigenvalue weighted by Crippen LogP contribution is -2.43. The molecule has 0 aliphatic carbocycles. The molecule has 0 spiro atoms. The zero-order valence-electron chi connectivity index (χ0n) is 13.5. The summed E-state index contributed by atoms with van der Waals surface area (Å²) in [5.41, 5.74) is 2.39. The molecule has 0 atom stereocenters. The van der Waals surface area contributed by atoms with E-state index in [-0.39, 0.29) is 6.03 Å². The van der Waals surface area contributed by atoms with Crippen LogP contribution < -0.4 is 10.1 Å². The van der Waals surface area contributed by atoms with Crippen LogP contribution in [0.2, 0.25) is 0 Å². The molecule has 23 heavy (non-hydrogen) atoms. The van der Waals surface area contributed by atoms with Gasteiger partial charge in [-0.1, -0.05) is 12.1 Å². The Morgan fingerprint density at radius 2 is 2.35 bits per heavy atom. The van der Waals surface area contributed by atoms with Gasteiger partial charge >= 0.3 is 6.03 Å². The van der Waals surface area contributed by atoms with Gasteiger partial charge < -0.3 is 15.0 Å². The minimum absolute atomic E-state index is 0.00764. The van der Waals surface area contributed by atoms with Crippen LogP contribution in [0.15, 0.2) is 24.4 Å². The van der Waals surface area contributed by atoms with Crippen LogP contribution >= 0.6 is 11.3 Å². The van der Waals surface area contributed by atoms with Gasteiger partial charge in [-0.05, 0) is 25.0 Å². The van der Waals surface area contributed by atoms with E-state index in [0.717, 1.165) is 30.1 Å². The molecule has 122 valence electrons. The average molecular weight is 331 g/mol. The molecular weight excluding hydrogens is 310 g/mol. The van der Waals surface area contributed by atoms with Crippen LogP contribution in [0.25, 0.3) is 0 Å². The van der Waals surface area contributed by atoms with Gasteiger partial charge in [0, 0.05) is 42.7 Å². The number of nitrogens with one attached hydrogen (secondary N) is 1. The summed E-state index contributed by atoms with van der Waals surface area (Å²) in [6.45, 7) is 4.01. The first-order valence-electron chi connectivity index (χ1n) is 7.76. The molecule has 1 aliphatic rings. The summed E-state index contributed by atoms with van der Waals surface area (Å²) in [5, 5.41) is 4.06. The van der Waals surface area contributed by atoms with Crippen molar-refractivity contribution < 1.29 is 9.53 Å². The maximum absolute atomic E-state index is 12.3. The van der Waals surface area contributed by atoms with Gasteiger partial charge in [-0.15, -0.1) is 11.3 Å². The van der Waals surface area contributed by atoms with Gasteiger partial charge in [0.05, 0.1) is 12.1 Å². The predicted molar refractivity (Wildman–Crippen MR) is 91.1 cm³/mol. The Labute approximate surface area is 140 Å². The van der Waals surface area contributed by atoms with E-state index in [9.17, 15) is 4.79 Å². The van der Waals surface area contributed by atoms with E-state index < -0.39 is 0 Å². The van der Waals surface area contributed by atoms with E-state index in [1.54, 1.807) is 18.4 Å². The third-order valence-electron chi connectivity index (χ3n) is 4.01. The number of amides is 2. The van der Waals surface area contributed by atoms with Gasteiger partial charge in [0.1, 0.15) is 5.75 Å². The Morgan fingerprint density at radius 1 is 1.48 bits per heavy atom. The molecule has 3 rings (SSSR count). The summed E-state index contributed by atoms with van der Waals surface area (Å²) in [6.07, 6.45) is 3.48. The molecule has 1 N–H and O–H groups in total. The van der Waals surface area contributed by atoms with Gasteiger partial charge in [-0.2, -0.15) is 0 Å². The van der Waals surface area contributed by atoms with Crippen LogP contribution in [0, 0.1) is 6.92 Å². The molecule has 1 aromatic heterocycles. The molecule has 0 bridgehead atoms. The SMILES string of the molecule is COc1cccc2c1CCN(C(=O)NCCc1ncc(C)s1)C2. The van der Waals surface area contributed by atoms with Crippen LogP contribution in [-0.2, 0) is 19.4 Å². The van der Waals surface area contributed by atoms with Crippen LogP contribution in [0.1, 0.15) is 21.0 Å². The molecule has 0 fully saturated rings. The van der Waals surface area contributed by atoms with Crippen LogP contribution in [0.3, 0.4) is 0 Å². The number of carbonyl (C=O) groups excluding carboxylic acids is 1.